The van der Waals surface area contributed by atoms with Crippen molar-refractivity contribution in [3.05, 3.63) is 48.0 Å². The van der Waals surface area contributed by atoms with Crippen molar-refractivity contribution in [2.75, 3.05) is 5.73 Å². The van der Waals surface area contributed by atoms with Crippen LogP contribution in [0.1, 0.15) is 5.56 Å². The normalized spacial score (nSPS) is 10.9. The monoisotopic (exact) mass is 224 g/mol. The Morgan fingerprint density at radius 3 is 2.65 bits per heavy atom. The van der Waals surface area contributed by atoms with Crippen LogP contribution in [0.3, 0.4) is 0 Å². The molecule has 0 bridgehead atoms. The van der Waals surface area contributed by atoms with Gasteiger partial charge >= 0.3 is 0 Å². The zero-order valence-electron chi connectivity index (χ0n) is 9.46. The van der Waals surface area contributed by atoms with Crippen molar-refractivity contribution in [1.82, 2.24) is 15.0 Å². The topological polar surface area (TPSA) is 56.7 Å². The molecule has 3 aromatic rings. The highest BCUT2D eigenvalue weighted by molar-refractivity contribution is 5.77. The molecule has 0 saturated carbocycles. The number of fused-ring (bicyclic) bond motifs is 1. The molecule has 0 saturated heterocycles. The molecule has 0 fully saturated rings. The maximum Gasteiger partial charge on any atom is 0.115 e. The van der Waals surface area contributed by atoms with Crippen molar-refractivity contribution in [2.45, 2.75) is 6.92 Å². The first-order valence-corrected chi connectivity index (χ1v) is 5.42. The van der Waals surface area contributed by atoms with E-state index in [9.17, 15) is 0 Å². The Morgan fingerprint density at radius 1 is 1.00 bits per heavy atom. The molecule has 4 nitrogen and oxygen atoms in total. The van der Waals surface area contributed by atoms with Gasteiger partial charge in [-0.05, 0) is 42.8 Å². The lowest BCUT2D eigenvalue weighted by molar-refractivity contribution is 0.765. The van der Waals surface area contributed by atoms with Crippen molar-refractivity contribution in [3.63, 3.8) is 0 Å². The molecule has 4 heteroatoms. The molecule has 2 N–H and O–H groups in total. The lowest BCUT2D eigenvalue weighted by Gasteiger charge is -1.99. The Morgan fingerprint density at radius 2 is 1.82 bits per heavy atom. The summed E-state index contributed by atoms with van der Waals surface area (Å²) in [6.07, 6.45) is 0. The molecule has 2 aromatic carbocycles. The fraction of sp³-hybridized carbons (Fsp3) is 0.0769. The minimum atomic E-state index is 0.703. The Hall–Kier alpha value is -2.36. The van der Waals surface area contributed by atoms with Gasteiger partial charge < -0.3 is 5.73 Å². The summed E-state index contributed by atoms with van der Waals surface area (Å²) in [6, 6.07) is 13.6. The molecule has 1 heterocycles. The fourth-order valence-corrected chi connectivity index (χ4v) is 1.80. The number of aromatic nitrogens is 3. The van der Waals surface area contributed by atoms with Gasteiger partial charge in [0.1, 0.15) is 11.0 Å². The van der Waals surface area contributed by atoms with Gasteiger partial charge in [0.05, 0.1) is 5.69 Å². The number of benzene rings is 2. The summed E-state index contributed by atoms with van der Waals surface area (Å²) in [5.74, 6) is 0. The van der Waals surface area contributed by atoms with Crippen LogP contribution in [0.4, 0.5) is 5.69 Å². The molecular weight excluding hydrogens is 212 g/mol. The van der Waals surface area contributed by atoms with Gasteiger partial charge in [-0.1, -0.05) is 12.1 Å². The van der Waals surface area contributed by atoms with Gasteiger partial charge in [-0.3, -0.25) is 0 Å². The van der Waals surface area contributed by atoms with Crippen molar-refractivity contribution >= 4 is 16.7 Å². The molecule has 0 radical (unpaired) electrons. The smallest absolute Gasteiger partial charge is 0.115 e. The first kappa shape index (κ1) is 9.84. The fourth-order valence-electron chi connectivity index (χ4n) is 1.80. The number of hydrogen-bond donors (Lipinski definition) is 1. The van der Waals surface area contributed by atoms with Crippen LogP contribution in [0.25, 0.3) is 16.7 Å². The van der Waals surface area contributed by atoms with E-state index >= 15 is 0 Å². The van der Waals surface area contributed by atoms with Crippen LogP contribution in [0, 0.1) is 6.92 Å². The number of anilines is 1. The predicted octanol–water partition coefficient (Wildman–Crippen LogP) is 2.31. The first-order chi connectivity index (χ1) is 8.22. The summed E-state index contributed by atoms with van der Waals surface area (Å²) in [5, 5.41) is 8.83. The van der Waals surface area contributed by atoms with E-state index in [0.29, 0.717) is 5.69 Å². The van der Waals surface area contributed by atoms with Crippen molar-refractivity contribution in [2.24, 2.45) is 0 Å². The highest BCUT2D eigenvalue weighted by Gasteiger charge is 2.04. The summed E-state index contributed by atoms with van der Waals surface area (Å²) in [4.78, 5) is 1.64. The highest BCUT2D eigenvalue weighted by Crippen LogP contribution is 2.15. The molecule has 1 aromatic heterocycles. The van der Waals surface area contributed by atoms with E-state index in [0.717, 1.165) is 16.7 Å². The average Bonchev–Trinajstić information content (AvgIpc) is 2.72. The molecule has 0 aliphatic rings. The molecule has 17 heavy (non-hydrogen) atoms. The van der Waals surface area contributed by atoms with E-state index in [2.05, 4.69) is 10.2 Å². The zero-order chi connectivity index (χ0) is 11.8. The van der Waals surface area contributed by atoms with E-state index in [1.54, 1.807) is 4.80 Å². The summed E-state index contributed by atoms with van der Waals surface area (Å²) in [6.45, 7) is 2.05. The molecule has 0 spiro atoms. The molecule has 0 aliphatic carbocycles. The summed E-state index contributed by atoms with van der Waals surface area (Å²) in [7, 11) is 0. The molecule has 0 amide bonds. The summed E-state index contributed by atoms with van der Waals surface area (Å²) >= 11 is 0. The third kappa shape index (κ3) is 1.73. The zero-order valence-corrected chi connectivity index (χ0v) is 9.46. The largest absolute Gasteiger partial charge is 0.399 e. The van der Waals surface area contributed by atoms with Gasteiger partial charge in [0.15, 0.2) is 0 Å². The van der Waals surface area contributed by atoms with Crippen molar-refractivity contribution in [1.29, 1.82) is 0 Å². The second kappa shape index (κ2) is 3.59. The third-order valence-corrected chi connectivity index (χ3v) is 2.64. The van der Waals surface area contributed by atoms with Gasteiger partial charge in [-0.2, -0.15) is 4.80 Å². The van der Waals surface area contributed by atoms with Crippen molar-refractivity contribution in [3.8, 4) is 5.69 Å². The second-order valence-corrected chi connectivity index (χ2v) is 4.08. The summed E-state index contributed by atoms with van der Waals surface area (Å²) < 4.78 is 0. The second-order valence-electron chi connectivity index (χ2n) is 4.08. The van der Waals surface area contributed by atoms with Crippen LogP contribution < -0.4 is 5.73 Å². The molecule has 0 atom stereocenters. The van der Waals surface area contributed by atoms with E-state index < -0.39 is 0 Å². The maximum absolute atomic E-state index is 5.72. The molecule has 0 unspecified atom stereocenters. The summed E-state index contributed by atoms with van der Waals surface area (Å²) in [5.41, 5.74) is 10.2. The number of nitrogens with two attached hydrogens (primary N) is 1. The van der Waals surface area contributed by atoms with Gasteiger partial charge in [0, 0.05) is 5.69 Å². The van der Waals surface area contributed by atoms with Crippen LogP contribution in [-0.4, -0.2) is 15.0 Å². The Balaban J connectivity index is 2.18. The predicted molar refractivity (Wildman–Crippen MR) is 68.0 cm³/mol. The first-order valence-electron chi connectivity index (χ1n) is 5.42. The molecule has 0 aliphatic heterocycles. The average molecular weight is 224 g/mol. The quantitative estimate of drug-likeness (QED) is 0.645. The van der Waals surface area contributed by atoms with Crippen LogP contribution in [0.2, 0.25) is 0 Å². The molecule has 84 valence electrons. The van der Waals surface area contributed by atoms with Gasteiger partial charge in [-0.15, -0.1) is 10.2 Å². The number of rotatable bonds is 1. The van der Waals surface area contributed by atoms with Crippen molar-refractivity contribution < 1.29 is 0 Å². The molecule has 3 rings (SSSR count). The van der Waals surface area contributed by atoms with Gasteiger partial charge in [0.25, 0.3) is 0 Å². The number of hydrogen-bond acceptors (Lipinski definition) is 3. The lowest BCUT2D eigenvalue weighted by Crippen LogP contribution is -1.98. The molecular formula is C13H12N4. The Kier molecular flexibility index (Phi) is 2.08. The van der Waals surface area contributed by atoms with Gasteiger partial charge in [-0.25, -0.2) is 0 Å². The number of aryl methyl sites for hydroxylation is 1. The standard InChI is InChI=1S/C13H12N4/c1-9-3-2-4-11(7-9)17-15-12-6-5-10(14)8-13(12)16-17/h2-8H,14H2,1H3. The third-order valence-electron chi connectivity index (χ3n) is 2.64. The van der Waals surface area contributed by atoms with Crippen LogP contribution in [0.15, 0.2) is 42.5 Å². The lowest BCUT2D eigenvalue weighted by atomic mass is 10.2. The highest BCUT2D eigenvalue weighted by atomic mass is 15.5. The van der Waals surface area contributed by atoms with E-state index in [1.807, 2.05) is 49.4 Å². The van der Waals surface area contributed by atoms with Crippen LogP contribution in [0.5, 0.6) is 0 Å². The maximum atomic E-state index is 5.72. The minimum absolute atomic E-state index is 0.703. The van der Waals surface area contributed by atoms with E-state index in [1.165, 1.54) is 5.56 Å². The van der Waals surface area contributed by atoms with E-state index in [-0.39, 0.29) is 0 Å². The minimum Gasteiger partial charge on any atom is -0.399 e. The number of nitrogen functional groups attached to an aromatic ring is 1. The van der Waals surface area contributed by atoms with Gasteiger partial charge in [0.2, 0.25) is 0 Å². The Labute approximate surface area is 98.7 Å². The SMILES string of the molecule is Cc1cccc(-n2nc3ccc(N)cc3n2)c1. The van der Waals surface area contributed by atoms with Crippen LogP contribution >= 0.6 is 0 Å². The number of nitrogens with zero attached hydrogens (tertiary/aromatic N) is 3. The van der Waals surface area contributed by atoms with E-state index in [4.69, 9.17) is 5.73 Å². The Bertz CT molecular complexity index is 685. The van der Waals surface area contributed by atoms with Crippen LogP contribution in [-0.2, 0) is 0 Å².